The van der Waals surface area contributed by atoms with E-state index in [-0.39, 0.29) is 116 Å². The van der Waals surface area contributed by atoms with Crippen LogP contribution in [0.3, 0.4) is 0 Å². The average molecular weight is 362 g/mol. The van der Waals surface area contributed by atoms with Crippen LogP contribution in [-0.2, 0) is 17.1 Å². The van der Waals surface area contributed by atoms with Gasteiger partial charge in [0.05, 0.1) is 0 Å². The zero-order valence-corrected chi connectivity index (χ0v) is 11.2. The van der Waals surface area contributed by atoms with Crippen LogP contribution in [0.4, 0.5) is 0 Å². The number of hydrogen-bond acceptors (Lipinski definition) is 0. The van der Waals surface area contributed by atoms with Crippen molar-refractivity contribution in [2.75, 3.05) is 0 Å². The smallest absolute Gasteiger partial charge is 1.00 e. The molecule has 0 aliphatic heterocycles. The molecule has 0 spiro atoms. The molecule has 0 saturated carbocycles. The molecule has 0 aromatic rings. The molecule has 2 radical (unpaired) electrons. The summed E-state index contributed by atoms with van der Waals surface area (Å²) in [6, 6.07) is 0. The third-order valence-corrected chi connectivity index (χ3v) is 0. The maximum atomic E-state index is 0. The molecule has 0 atom stereocenters. The summed E-state index contributed by atoms with van der Waals surface area (Å²) in [6.45, 7) is 0. The number of hydrogen-bond donors (Lipinski definition) is 0. The van der Waals surface area contributed by atoms with Crippen LogP contribution in [0.15, 0.2) is 0 Å². The fourth-order valence-corrected chi connectivity index (χ4v) is 0. The minimum Gasteiger partial charge on any atom is -1.00 e. The summed E-state index contributed by atoms with van der Waals surface area (Å²) in [5, 5.41) is 0. The molecule has 0 bridgehead atoms. The van der Waals surface area contributed by atoms with Crippen LogP contribution in [0.1, 0.15) is 2.85 Å². The van der Waals surface area contributed by atoms with Gasteiger partial charge < -0.3 is 8.33 Å². The predicted molar refractivity (Wildman–Crippen MR) is 11.6 cm³/mol. The molecule has 0 aromatic heterocycles. The SMILES string of the molecule is O.[Ba+2].[Cu].[H-].[H-].[Pr]. The molecule has 0 amide bonds. The first-order chi connectivity index (χ1) is 0. The molecule has 4 heavy (non-hydrogen) atoms. The normalized spacial score (nSPS) is 0. The van der Waals surface area contributed by atoms with E-state index in [0.717, 1.165) is 0 Å². The Labute approximate surface area is 112 Å². The summed E-state index contributed by atoms with van der Waals surface area (Å²) in [5.41, 5.74) is 0. The maximum Gasteiger partial charge on any atom is 2.00 e. The molecule has 4 heteroatoms. The van der Waals surface area contributed by atoms with Gasteiger partial charge in [0, 0.05) is 58.4 Å². The molecule has 26 valence electrons. The molecule has 0 saturated heterocycles. The summed E-state index contributed by atoms with van der Waals surface area (Å²) in [4.78, 5) is 0. The number of rotatable bonds is 0. The van der Waals surface area contributed by atoms with Crippen molar-refractivity contribution in [2.24, 2.45) is 0 Å². The Balaban J connectivity index is 0. The Hall–Kier alpha value is 3.41. The Morgan fingerprint density at radius 3 is 1.25 bits per heavy atom. The van der Waals surface area contributed by atoms with Crippen molar-refractivity contribution >= 4 is 48.9 Å². The van der Waals surface area contributed by atoms with Crippen LogP contribution in [0.25, 0.3) is 0 Å². The fourth-order valence-electron chi connectivity index (χ4n) is 0. The third-order valence-electron chi connectivity index (χ3n) is 0. The second kappa shape index (κ2) is 16.1. The van der Waals surface area contributed by atoms with E-state index in [1.807, 2.05) is 0 Å². The van der Waals surface area contributed by atoms with E-state index in [0.29, 0.717) is 0 Å². The van der Waals surface area contributed by atoms with Gasteiger partial charge in [-0.05, 0) is 0 Å². The van der Waals surface area contributed by atoms with Gasteiger partial charge in [-0.3, -0.25) is 0 Å². The first-order valence-electron chi connectivity index (χ1n) is 0. The maximum absolute atomic E-state index is 0. The average Bonchev–Trinajstić information content (AvgIpc) is 0. The van der Waals surface area contributed by atoms with Crippen LogP contribution in [0.5, 0.6) is 0 Å². The van der Waals surface area contributed by atoms with Gasteiger partial charge >= 0.3 is 48.9 Å². The summed E-state index contributed by atoms with van der Waals surface area (Å²) >= 11 is 0. The monoisotopic (exact) mass is 362 g/mol. The largest absolute Gasteiger partial charge is 2.00 e. The second-order valence-corrected chi connectivity index (χ2v) is 0. The topological polar surface area (TPSA) is 31.5 Å². The van der Waals surface area contributed by atoms with E-state index in [1.165, 1.54) is 0 Å². The molecule has 0 aromatic carbocycles. The summed E-state index contributed by atoms with van der Waals surface area (Å²) in [7, 11) is 0. The van der Waals surface area contributed by atoms with Crippen LogP contribution in [-0.4, -0.2) is 54.4 Å². The molecular weight excluding hydrogens is 358 g/mol. The van der Waals surface area contributed by atoms with Crippen molar-refractivity contribution in [3.05, 3.63) is 0 Å². The van der Waals surface area contributed by atoms with Gasteiger partial charge in [-0.25, -0.2) is 0 Å². The Kier molecular flexibility index (Phi) is 106. The van der Waals surface area contributed by atoms with Crippen LogP contribution < -0.4 is 0 Å². The van der Waals surface area contributed by atoms with E-state index in [2.05, 4.69) is 0 Å². The van der Waals surface area contributed by atoms with Crippen molar-refractivity contribution in [3.8, 4) is 0 Å². The first-order valence-corrected chi connectivity index (χ1v) is 0. The van der Waals surface area contributed by atoms with E-state index in [4.69, 9.17) is 0 Å². The molecular formula is H4BaCuOPr. The van der Waals surface area contributed by atoms with Gasteiger partial charge in [-0.15, -0.1) is 0 Å². The van der Waals surface area contributed by atoms with Gasteiger partial charge in [0.15, 0.2) is 0 Å². The van der Waals surface area contributed by atoms with E-state index < -0.39 is 0 Å². The Bertz CT molecular complexity index is 13.5. The van der Waals surface area contributed by atoms with Gasteiger partial charge in [0.1, 0.15) is 0 Å². The minimum atomic E-state index is 0. The Morgan fingerprint density at radius 1 is 1.25 bits per heavy atom. The third kappa shape index (κ3) is 9.05. The predicted octanol–water partition coefficient (Wildman–Crippen LogP) is -0.983. The zero-order valence-electron chi connectivity index (χ0n) is 4.09. The van der Waals surface area contributed by atoms with E-state index in [1.54, 1.807) is 0 Å². The summed E-state index contributed by atoms with van der Waals surface area (Å²) in [6.07, 6.45) is 0. The minimum absolute atomic E-state index is 0. The van der Waals surface area contributed by atoms with Crippen molar-refractivity contribution < 1.29 is 66.7 Å². The van der Waals surface area contributed by atoms with Crippen molar-refractivity contribution in [1.29, 1.82) is 0 Å². The molecule has 1 nitrogen and oxygen atoms in total. The summed E-state index contributed by atoms with van der Waals surface area (Å²) in [5.74, 6) is 0. The molecule has 0 aliphatic carbocycles. The molecule has 2 N–H and O–H groups in total. The fraction of sp³-hybridized carbons (Fsp3) is 0. The van der Waals surface area contributed by atoms with Gasteiger partial charge in [0.2, 0.25) is 0 Å². The zero-order chi connectivity index (χ0) is 0. The first kappa shape index (κ1) is 26.2. The summed E-state index contributed by atoms with van der Waals surface area (Å²) < 4.78 is 0. The van der Waals surface area contributed by atoms with Crippen molar-refractivity contribution in [3.63, 3.8) is 0 Å². The van der Waals surface area contributed by atoms with Gasteiger partial charge in [-0.1, -0.05) is 0 Å². The van der Waals surface area contributed by atoms with Crippen molar-refractivity contribution in [2.45, 2.75) is 0 Å². The van der Waals surface area contributed by atoms with Crippen LogP contribution >= 0.6 is 0 Å². The van der Waals surface area contributed by atoms with Crippen molar-refractivity contribution in [1.82, 2.24) is 0 Å². The standard InChI is InChI=1S/Ba.Cu.H2O.Pr.2H/h;;1H2;;;/q+2;;;;2*-1. The van der Waals surface area contributed by atoms with E-state index in [9.17, 15) is 0 Å². The quantitative estimate of drug-likeness (QED) is 0.497. The van der Waals surface area contributed by atoms with Gasteiger partial charge in [0.25, 0.3) is 0 Å². The molecule has 0 fully saturated rings. The van der Waals surface area contributed by atoms with Gasteiger partial charge in [-0.2, -0.15) is 0 Å². The van der Waals surface area contributed by atoms with Crippen LogP contribution in [0.2, 0.25) is 0 Å². The molecule has 0 rings (SSSR count). The molecule has 0 aliphatic rings. The Morgan fingerprint density at radius 2 is 1.25 bits per heavy atom. The van der Waals surface area contributed by atoms with Crippen LogP contribution in [0, 0.1) is 41.3 Å². The second-order valence-electron chi connectivity index (χ2n) is 0. The molecule has 0 unspecified atom stereocenters. The van der Waals surface area contributed by atoms with E-state index >= 15 is 0 Å². The molecule has 0 heterocycles.